The summed E-state index contributed by atoms with van der Waals surface area (Å²) in [6.45, 7) is 3.06. The number of benzene rings is 1. The van der Waals surface area contributed by atoms with E-state index in [2.05, 4.69) is 10.3 Å². The van der Waals surface area contributed by atoms with Crippen molar-refractivity contribution in [1.82, 2.24) is 9.38 Å². The molecule has 3 heterocycles. The van der Waals surface area contributed by atoms with Gasteiger partial charge in [0.05, 0.1) is 11.6 Å². The first-order chi connectivity index (χ1) is 17.9. The van der Waals surface area contributed by atoms with Crippen molar-refractivity contribution >= 4 is 23.1 Å². The Labute approximate surface area is 214 Å². The van der Waals surface area contributed by atoms with E-state index < -0.39 is 47.7 Å². The number of nitrogens with one attached hydrogen (secondary N) is 1. The highest BCUT2D eigenvalue weighted by atomic mass is 19.3. The first kappa shape index (κ1) is 25.5. The van der Waals surface area contributed by atoms with Crippen molar-refractivity contribution in [2.75, 3.05) is 23.3 Å². The fourth-order valence-electron chi connectivity index (χ4n) is 5.40. The SMILES string of the molecule is Cc1cc([C@@H](C)Nc2ccccc2C(=O)O)c2nc(N3CCC4(CC3)C(F)(F)C4(F)F)c(C#N)c(=O)n2c1. The molecule has 0 bridgehead atoms. The number of alkyl halides is 4. The van der Waals surface area contributed by atoms with Crippen LogP contribution in [0.15, 0.2) is 41.3 Å². The zero-order valence-electron chi connectivity index (χ0n) is 20.4. The molecule has 1 saturated heterocycles. The van der Waals surface area contributed by atoms with E-state index in [0.717, 1.165) is 0 Å². The van der Waals surface area contributed by atoms with Crippen molar-refractivity contribution in [2.24, 2.45) is 5.41 Å². The molecule has 0 radical (unpaired) electrons. The zero-order valence-corrected chi connectivity index (χ0v) is 20.4. The fraction of sp³-hybridized carbons (Fsp3) is 0.385. The third kappa shape index (κ3) is 3.44. The van der Waals surface area contributed by atoms with Gasteiger partial charge in [0.15, 0.2) is 11.4 Å². The maximum atomic E-state index is 13.9. The number of piperidine rings is 1. The molecule has 2 aromatic heterocycles. The van der Waals surface area contributed by atoms with Gasteiger partial charge in [0.1, 0.15) is 17.1 Å². The lowest BCUT2D eigenvalue weighted by Crippen LogP contribution is -2.39. The standard InChI is InChI=1S/C26H23F4N5O3/c1-14-11-17(15(2)32-19-6-4-3-5-16(19)23(37)38)21-33-20(18(12-31)22(36)35(21)13-14)34-9-7-24(8-10-34)25(27,28)26(24,29)30/h3-6,11,13,15,32H,7-10H2,1-2H3,(H,37,38)/t15-/m1/s1. The van der Waals surface area contributed by atoms with Gasteiger partial charge < -0.3 is 15.3 Å². The topological polar surface area (TPSA) is 111 Å². The van der Waals surface area contributed by atoms with Gasteiger partial charge in [0, 0.05) is 30.5 Å². The minimum absolute atomic E-state index is 0.0461. The van der Waals surface area contributed by atoms with Crippen molar-refractivity contribution in [3.8, 4) is 6.07 Å². The Morgan fingerprint density at radius 3 is 2.39 bits per heavy atom. The quantitative estimate of drug-likeness (QED) is 0.464. The number of aromatic carboxylic acids is 1. The summed E-state index contributed by atoms with van der Waals surface area (Å²) in [5.74, 6) is -9.35. The van der Waals surface area contributed by atoms with E-state index in [-0.39, 0.29) is 35.7 Å². The molecule has 1 atom stereocenters. The lowest BCUT2D eigenvalue weighted by atomic mass is 9.92. The Hall–Kier alpha value is -4.14. The van der Waals surface area contributed by atoms with E-state index >= 15 is 0 Å². The number of nitrogens with zero attached hydrogens (tertiary/aromatic N) is 4. The predicted octanol–water partition coefficient (Wildman–Crippen LogP) is 4.62. The maximum Gasteiger partial charge on any atom is 0.337 e. The number of carboxylic acid groups (broad SMARTS) is 1. The molecule has 12 heteroatoms. The van der Waals surface area contributed by atoms with Crippen molar-refractivity contribution in [2.45, 2.75) is 44.6 Å². The molecule has 3 aromatic rings. The molecular formula is C26H23F4N5O3. The molecule has 38 heavy (non-hydrogen) atoms. The highest BCUT2D eigenvalue weighted by molar-refractivity contribution is 5.94. The van der Waals surface area contributed by atoms with Gasteiger partial charge in [-0.3, -0.25) is 9.20 Å². The second-order valence-electron chi connectivity index (χ2n) is 9.83. The molecule has 1 spiro atoms. The minimum atomic E-state index is -4.08. The molecule has 2 N–H and O–H groups in total. The van der Waals surface area contributed by atoms with Crippen LogP contribution < -0.4 is 15.8 Å². The van der Waals surface area contributed by atoms with Crippen LogP contribution in [0.25, 0.3) is 5.65 Å². The summed E-state index contributed by atoms with van der Waals surface area (Å²) in [4.78, 5) is 31.0. The number of halogens is 4. The lowest BCUT2D eigenvalue weighted by Gasteiger charge is -2.33. The average Bonchev–Trinajstić information content (AvgIpc) is 3.20. The first-order valence-electron chi connectivity index (χ1n) is 11.9. The monoisotopic (exact) mass is 529 g/mol. The normalized spacial score (nSPS) is 19.7. The molecule has 1 saturated carbocycles. The van der Waals surface area contributed by atoms with Gasteiger partial charge in [-0.05, 0) is 50.5 Å². The first-order valence-corrected chi connectivity index (χ1v) is 11.9. The molecule has 1 aromatic carbocycles. The Balaban J connectivity index is 1.56. The maximum absolute atomic E-state index is 13.9. The summed E-state index contributed by atoms with van der Waals surface area (Å²) in [6, 6.07) is 9.36. The Kier molecular flexibility index (Phi) is 5.67. The highest BCUT2D eigenvalue weighted by Crippen LogP contribution is 2.76. The van der Waals surface area contributed by atoms with E-state index in [9.17, 15) is 37.5 Å². The number of carbonyl (C=O) groups is 1. The summed E-state index contributed by atoms with van der Waals surface area (Å²) >= 11 is 0. The number of rotatable bonds is 5. The molecule has 1 aliphatic carbocycles. The van der Waals surface area contributed by atoms with Crippen LogP contribution in [0.4, 0.5) is 29.1 Å². The van der Waals surface area contributed by atoms with E-state index in [4.69, 9.17) is 0 Å². The van der Waals surface area contributed by atoms with Crippen LogP contribution in [0.2, 0.25) is 0 Å². The van der Waals surface area contributed by atoms with Gasteiger partial charge in [0.2, 0.25) is 0 Å². The van der Waals surface area contributed by atoms with Gasteiger partial charge in [-0.15, -0.1) is 0 Å². The molecular weight excluding hydrogens is 506 g/mol. The van der Waals surface area contributed by atoms with Crippen LogP contribution >= 0.6 is 0 Å². The minimum Gasteiger partial charge on any atom is -0.478 e. The summed E-state index contributed by atoms with van der Waals surface area (Å²) < 4.78 is 56.8. The Bertz CT molecular complexity index is 1560. The number of para-hydroxylation sites is 1. The Morgan fingerprint density at radius 2 is 1.82 bits per heavy atom. The second kappa shape index (κ2) is 8.44. The van der Waals surface area contributed by atoms with Gasteiger partial charge in [-0.25, -0.2) is 9.78 Å². The number of hydrogen-bond acceptors (Lipinski definition) is 6. The predicted molar refractivity (Wildman–Crippen MR) is 130 cm³/mol. The number of pyridine rings is 1. The molecule has 198 valence electrons. The molecule has 2 aliphatic rings. The van der Waals surface area contributed by atoms with Crippen molar-refractivity contribution in [3.63, 3.8) is 0 Å². The third-order valence-electron chi connectivity index (χ3n) is 7.63. The van der Waals surface area contributed by atoms with Gasteiger partial charge >= 0.3 is 17.8 Å². The van der Waals surface area contributed by atoms with Crippen LogP contribution in [-0.4, -0.2) is 45.4 Å². The van der Waals surface area contributed by atoms with Crippen LogP contribution in [0.5, 0.6) is 0 Å². The molecule has 5 rings (SSSR count). The number of hydrogen-bond donors (Lipinski definition) is 2. The molecule has 2 fully saturated rings. The van der Waals surface area contributed by atoms with Gasteiger partial charge in [-0.2, -0.15) is 22.8 Å². The van der Waals surface area contributed by atoms with Crippen LogP contribution in [0.3, 0.4) is 0 Å². The lowest BCUT2D eigenvalue weighted by molar-refractivity contribution is -0.0278. The number of aromatic nitrogens is 2. The number of nitriles is 1. The summed E-state index contributed by atoms with van der Waals surface area (Å²) in [6.07, 6.45) is 0.487. The van der Waals surface area contributed by atoms with Crippen molar-refractivity contribution in [3.05, 3.63) is 69.1 Å². The molecule has 0 amide bonds. The summed E-state index contributed by atoms with van der Waals surface area (Å²) in [7, 11) is 0. The number of aryl methyl sites for hydroxylation is 1. The number of carboxylic acids is 1. The number of anilines is 2. The van der Waals surface area contributed by atoms with E-state index in [1.54, 1.807) is 38.1 Å². The van der Waals surface area contributed by atoms with E-state index in [1.165, 1.54) is 21.6 Å². The van der Waals surface area contributed by atoms with Crippen LogP contribution in [0.1, 0.15) is 52.9 Å². The van der Waals surface area contributed by atoms with Crippen LogP contribution in [0, 0.1) is 23.7 Å². The van der Waals surface area contributed by atoms with Crippen molar-refractivity contribution < 1.29 is 27.5 Å². The zero-order chi connectivity index (χ0) is 27.6. The van der Waals surface area contributed by atoms with Crippen LogP contribution in [-0.2, 0) is 0 Å². The molecule has 8 nitrogen and oxygen atoms in total. The Morgan fingerprint density at radius 1 is 1.18 bits per heavy atom. The van der Waals surface area contributed by atoms with E-state index in [1.807, 2.05) is 6.07 Å². The van der Waals surface area contributed by atoms with E-state index in [0.29, 0.717) is 16.8 Å². The molecule has 0 unspecified atom stereocenters. The number of fused-ring (bicyclic) bond motifs is 1. The average molecular weight is 529 g/mol. The summed E-state index contributed by atoms with van der Waals surface area (Å²) in [5.41, 5.74) is -1.66. The fourth-order valence-corrected chi connectivity index (χ4v) is 5.40. The second-order valence-corrected chi connectivity index (χ2v) is 9.83. The smallest absolute Gasteiger partial charge is 0.337 e. The third-order valence-corrected chi connectivity index (χ3v) is 7.63. The largest absolute Gasteiger partial charge is 0.478 e. The van der Waals surface area contributed by atoms with Gasteiger partial charge in [-0.1, -0.05) is 12.1 Å². The highest BCUT2D eigenvalue weighted by Gasteiger charge is 2.95. The summed E-state index contributed by atoms with van der Waals surface area (Å²) in [5, 5.41) is 22.4. The van der Waals surface area contributed by atoms with Crippen molar-refractivity contribution in [1.29, 1.82) is 5.26 Å². The molecule has 1 aliphatic heterocycles. The van der Waals surface area contributed by atoms with Gasteiger partial charge in [0.25, 0.3) is 5.56 Å².